The van der Waals surface area contributed by atoms with Crippen LogP contribution in [0, 0.1) is 0 Å². The number of aliphatic hydroxyl groups is 1. The highest BCUT2D eigenvalue weighted by Gasteiger charge is 2.35. The van der Waals surface area contributed by atoms with Gasteiger partial charge in [-0.2, -0.15) is 23.3 Å². The number of carbonyl (C=O) groups is 1. The van der Waals surface area contributed by atoms with Crippen molar-refractivity contribution in [3.63, 3.8) is 0 Å². The van der Waals surface area contributed by atoms with Crippen LogP contribution in [0.4, 0.5) is 13.2 Å². The maximum Gasteiger partial charge on any atom is 0.416 e. The Morgan fingerprint density at radius 3 is 2.50 bits per heavy atom. The van der Waals surface area contributed by atoms with E-state index in [1.165, 1.54) is 42.4 Å². The van der Waals surface area contributed by atoms with Crippen LogP contribution >= 0.6 is 11.8 Å². The van der Waals surface area contributed by atoms with E-state index in [-0.39, 0.29) is 23.6 Å². The fourth-order valence-electron chi connectivity index (χ4n) is 4.52. The van der Waals surface area contributed by atoms with Crippen LogP contribution in [0.15, 0.2) is 52.5 Å². The first-order valence-corrected chi connectivity index (χ1v) is 13.0. The highest BCUT2D eigenvalue weighted by molar-refractivity contribution is 8.18. The van der Waals surface area contributed by atoms with Crippen molar-refractivity contribution in [2.24, 2.45) is 4.99 Å². The van der Waals surface area contributed by atoms with Crippen LogP contribution in [0.3, 0.4) is 0 Å². The summed E-state index contributed by atoms with van der Waals surface area (Å²) >= 11 is 1.36. The lowest BCUT2D eigenvalue weighted by molar-refractivity contribution is -0.138. The predicted octanol–water partition coefficient (Wildman–Crippen LogP) is 4.55. The minimum atomic E-state index is -4.57. The van der Waals surface area contributed by atoms with Crippen molar-refractivity contribution in [1.29, 1.82) is 0 Å². The number of nitrogens with zero attached hydrogens (tertiary/aromatic N) is 5. The van der Waals surface area contributed by atoms with Gasteiger partial charge in [0, 0.05) is 31.6 Å². The van der Waals surface area contributed by atoms with Crippen molar-refractivity contribution in [3.05, 3.63) is 69.8 Å². The number of rotatable bonds is 4. The zero-order valence-corrected chi connectivity index (χ0v) is 22.1. The molecule has 2 aliphatic heterocycles. The second-order valence-corrected chi connectivity index (χ2v) is 11.2. The number of carbonyl (C=O) groups excluding carboxylic acids is 1. The number of amidine groups is 1. The Balaban J connectivity index is 1.37. The van der Waals surface area contributed by atoms with Gasteiger partial charge in [0.1, 0.15) is 0 Å². The van der Waals surface area contributed by atoms with E-state index >= 15 is 0 Å². The summed E-state index contributed by atoms with van der Waals surface area (Å²) in [6.45, 7) is 6.31. The molecule has 38 heavy (non-hydrogen) atoms. The highest BCUT2D eigenvalue weighted by atomic mass is 32.2. The van der Waals surface area contributed by atoms with Crippen molar-refractivity contribution in [3.8, 4) is 0 Å². The average Bonchev–Trinajstić information content (AvgIpc) is 3.41. The smallest absolute Gasteiger partial charge is 0.386 e. The summed E-state index contributed by atoms with van der Waals surface area (Å²) in [4.78, 5) is 21.7. The van der Waals surface area contributed by atoms with Gasteiger partial charge in [0.25, 0.3) is 5.91 Å². The van der Waals surface area contributed by atoms with Gasteiger partial charge in [-0.25, -0.2) is 0 Å². The van der Waals surface area contributed by atoms with Crippen molar-refractivity contribution in [1.82, 2.24) is 19.6 Å². The van der Waals surface area contributed by atoms with E-state index in [9.17, 15) is 23.1 Å². The monoisotopic (exact) mass is 543 g/mol. The third-order valence-electron chi connectivity index (χ3n) is 6.79. The van der Waals surface area contributed by atoms with E-state index in [4.69, 9.17) is 0 Å². The molecule has 1 amide bonds. The molecule has 0 spiro atoms. The largest absolute Gasteiger partial charge is 0.416 e. The zero-order chi connectivity index (χ0) is 27.2. The zero-order valence-electron chi connectivity index (χ0n) is 21.3. The van der Waals surface area contributed by atoms with E-state index in [2.05, 4.69) is 26.9 Å². The lowest BCUT2D eigenvalue weighted by atomic mass is 9.93. The number of hydrogen-bond donors (Lipinski definition) is 1. The molecular formula is C27H28F3N5O2S. The Bertz CT molecular complexity index is 1450. The van der Waals surface area contributed by atoms with Crippen molar-refractivity contribution < 1.29 is 23.1 Å². The Labute approximate surface area is 222 Å². The van der Waals surface area contributed by atoms with Crippen molar-refractivity contribution in [2.45, 2.75) is 32.2 Å². The summed E-state index contributed by atoms with van der Waals surface area (Å²) in [5.41, 5.74) is -0.481. The molecule has 1 aromatic heterocycles. The molecular weight excluding hydrogens is 515 g/mol. The van der Waals surface area contributed by atoms with E-state index in [0.29, 0.717) is 10.4 Å². The molecule has 5 rings (SSSR count). The first kappa shape index (κ1) is 26.5. The first-order valence-electron chi connectivity index (χ1n) is 12.2. The average molecular weight is 544 g/mol. The lowest BCUT2D eigenvalue weighted by Crippen LogP contribution is -2.46. The molecule has 200 valence electrons. The Morgan fingerprint density at radius 2 is 1.82 bits per heavy atom. The Hall–Kier alpha value is -3.15. The number of benzene rings is 2. The molecule has 0 aliphatic carbocycles. The summed E-state index contributed by atoms with van der Waals surface area (Å²) in [6, 6.07) is 9.37. The maximum atomic E-state index is 13.8. The molecule has 3 aromatic rings. The second kappa shape index (κ2) is 9.87. The number of halogens is 3. The topological polar surface area (TPSA) is 74.0 Å². The van der Waals surface area contributed by atoms with E-state index in [0.717, 1.165) is 48.4 Å². The third kappa shape index (κ3) is 5.50. The van der Waals surface area contributed by atoms with E-state index < -0.39 is 17.3 Å². The molecule has 1 fully saturated rings. The summed E-state index contributed by atoms with van der Waals surface area (Å²) in [5.74, 6) is -0.270. The number of aliphatic imine (C=N–C) groups is 1. The van der Waals surface area contributed by atoms with Crippen LogP contribution in [0.1, 0.15) is 36.1 Å². The normalized spacial score (nSPS) is 18.6. The number of piperazine rings is 1. The van der Waals surface area contributed by atoms with Gasteiger partial charge in [-0.3, -0.25) is 9.48 Å². The minimum Gasteiger partial charge on any atom is -0.386 e. The summed E-state index contributed by atoms with van der Waals surface area (Å²) in [7, 11) is 2.07. The van der Waals surface area contributed by atoms with Gasteiger partial charge >= 0.3 is 6.18 Å². The number of alkyl halides is 3. The van der Waals surface area contributed by atoms with Gasteiger partial charge < -0.3 is 14.9 Å². The lowest BCUT2D eigenvalue weighted by Gasteiger charge is -2.32. The molecule has 1 N–H and O–H groups in total. The molecule has 0 bridgehead atoms. The van der Waals surface area contributed by atoms with Gasteiger partial charge in [0.05, 0.1) is 34.3 Å². The van der Waals surface area contributed by atoms with Crippen LogP contribution in [0.5, 0.6) is 0 Å². The number of fused-ring (bicyclic) bond motifs is 1. The number of likely N-dealkylation sites (N-methyl/N-ethyl adjacent to an activating group) is 1. The quantitative estimate of drug-likeness (QED) is 0.487. The summed E-state index contributed by atoms with van der Waals surface area (Å²) in [5, 5.41) is 16.0. The molecule has 7 nitrogen and oxygen atoms in total. The summed E-state index contributed by atoms with van der Waals surface area (Å²) < 4.78 is 43.0. The van der Waals surface area contributed by atoms with Crippen LogP contribution in [0.25, 0.3) is 17.0 Å². The maximum absolute atomic E-state index is 13.8. The van der Waals surface area contributed by atoms with Gasteiger partial charge in [0.15, 0.2) is 5.17 Å². The molecule has 0 saturated carbocycles. The third-order valence-corrected chi connectivity index (χ3v) is 7.83. The van der Waals surface area contributed by atoms with Gasteiger partial charge in [0.2, 0.25) is 0 Å². The number of hydrogen-bond acceptors (Lipinski definition) is 6. The number of aromatic nitrogens is 2. The highest BCUT2D eigenvalue weighted by Crippen LogP contribution is 2.36. The molecule has 2 aromatic carbocycles. The molecule has 0 unspecified atom stereocenters. The van der Waals surface area contributed by atoms with Gasteiger partial charge in [-0.15, -0.1) is 0 Å². The fraction of sp³-hybridized carbons (Fsp3) is 0.370. The molecule has 3 heterocycles. The predicted molar refractivity (Wildman–Crippen MR) is 143 cm³/mol. The van der Waals surface area contributed by atoms with E-state index in [1.54, 1.807) is 18.3 Å². The molecule has 2 aliphatic rings. The standard InChI is InChI=1S/C27H28F3N5O2S/c1-26(2,37)20-6-5-18(21(14-20)27(28,29)30)16-35-22-7-4-17(12-19(22)15-31-35)13-23-24(36)32-25(38-23)34-10-8-33(3)9-11-34/h4-7,12-15,37H,8-11,16H2,1-3H3. The van der Waals surface area contributed by atoms with Crippen LogP contribution in [-0.2, 0) is 23.1 Å². The minimum absolute atomic E-state index is 0.0585. The second-order valence-electron chi connectivity index (χ2n) is 10.1. The van der Waals surface area contributed by atoms with Crippen LogP contribution in [-0.4, -0.2) is 69.0 Å². The molecule has 11 heteroatoms. The first-order chi connectivity index (χ1) is 17.9. The van der Waals surface area contributed by atoms with E-state index in [1.807, 2.05) is 12.1 Å². The van der Waals surface area contributed by atoms with Crippen LogP contribution < -0.4 is 0 Å². The number of thioether (sulfide) groups is 1. The summed E-state index contributed by atoms with van der Waals surface area (Å²) in [6.07, 6.45) is -1.19. The molecule has 0 radical (unpaired) electrons. The fourth-order valence-corrected chi connectivity index (χ4v) is 5.49. The SMILES string of the molecule is CN1CCN(C2=NC(=O)C(=Cc3ccc4c(cnn4Cc4ccc(C(C)(C)O)cc4C(F)(F)F)c3)S2)CC1. The molecule has 0 atom stereocenters. The molecule has 1 saturated heterocycles. The van der Waals surface area contributed by atoms with Crippen LogP contribution in [0.2, 0.25) is 0 Å². The Morgan fingerprint density at radius 1 is 1.08 bits per heavy atom. The Kier molecular flexibility index (Phi) is 6.87. The van der Waals surface area contributed by atoms with Gasteiger partial charge in [-0.1, -0.05) is 18.2 Å². The van der Waals surface area contributed by atoms with Crippen molar-refractivity contribution in [2.75, 3.05) is 33.2 Å². The van der Waals surface area contributed by atoms with Crippen molar-refractivity contribution >= 4 is 39.8 Å². The van der Waals surface area contributed by atoms with Gasteiger partial charge in [-0.05, 0) is 73.6 Å². The number of amides is 1.